The molecule has 0 aliphatic rings. The van der Waals surface area contributed by atoms with Gasteiger partial charge in [-0.25, -0.2) is 0 Å². The van der Waals surface area contributed by atoms with Gasteiger partial charge in [-0.2, -0.15) is 0 Å². The third-order valence-electron chi connectivity index (χ3n) is 1.15. The molecule has 0 saturated heterocycles. The smallest absolute Gasteiger partial charge is 0.0498 e. The molecular weight excluding hydrogens is 130 g/mol. The second-order valence-electron chi connectivity index (χ2n) is 2.02. The SMILES string of the molecule is C=C(C)c1cscc1N. The zero-order valence-electron chi connectivity index (χ0n) is 5.35. The Balaban J connectivity index is 3.08. The van der Waals surface area contributed by atoms with Crippen molar-refractivity contribution < 1.29 is 0 Å². The number of thiophene rings is 1. The van der Waals surface area contributed by atoms with Crippen molar-refractivity contribution >= 4 is 22.6 Å². The molecule has 1 nitrogen and oxygen atoms in total. The van der Waals surface area contributed by atoms with Crippen molar-refractivity contribution in [3.05, 3.63) is 22.9 Å². The largest absolute Gasteiger partial charge is 0.398 e. The van der Waals surface area contributed by atoms with Crippen LogP contribution in [0, 0.1) is 0 Å². The molecule has 1 aromatic rings. The molecule has 0 amide bonds. The van der Waals surface area contributed by atoms with E-state index >= 15 is 0 Å². The van der Waals surface area contributed by atoms with Gasteiger partial charge in [0.15, 0.2) is 0 Å². The van der Waals surface area contributed by atoms with Gasteiger partial charge in [-0.3, -0.25) is 0 Å². The highest BCUT2D eigenvalue weighted by molar-refractivity contribution is 7.08. The minimum Gasteiger partial charge on any atom is -0.398 e. The van der Waals surface area contributed by atoms with Crippen LogP contribution in [0.5, 0.6) is 0 Å². The van der Waals surface area contributed by atoms with Gasteiger partial charge < -0.3 is 5.73 Å². The molecule has 0 fully saturated rings. The summed E-state index contributed by atoms with van der Waals surface area (Å²) in [6.45, 7) is 5.74. The molecule has 1 heterocycles. The Bertz CT molecular complexity index is 225. The fourth-order valence-corrected chi connectivity index (χ4v) is 1.47. The summed E-state index contributed by atoms with van der Waals surface area (Å²) in [5, 5.41) is 3.93. The lowest BCUT2D eigenvalue weighted by Crippen LogP contribution is -1.84. The first-order valence-corrected chi connectivity index (χ1v) is 3.63. The molecule has 2 N–H and O–H groups in total. The monoisotopic (exact) mass is 139 g/mol. The van der Waals surface area contributed by atoms with Gasteiger partial charge in [-0.15, -0.1) is 11.3 Å². The van der Waals surface area contributed by atoms with Crippen LogP contribution in [0.4, 0.5) is 5.69 Å². The summed E-state index contributed by atoms with van der Waals surface area (Å²) in [6, 6.07) is 0. The molecule has 1 rings (SSSR count). The van der Waals surface area contributed by atoms with E-state index in [2.05, 4.69) is 6.58 Å². The third kappa shape index (κ3) is 1.13. The summed E-state index contributed by atoms with van der Waals surface area (Å²) in [7, 11) is 0. The Morgan fingerprint density at radius 3 is 2.56 bits per heavy atom. The number of hydrogen-bond donors (Lipinski definition) is 1. The van der Waals surface area contributed by atoms with Gasteiger partial charge in [0.1, 0.15) is 0 Å². The van der Waals surface area contributed by atoms with Gasteiger partial charge in [0.2, 0.25) is 0 Å². The number of rotatable bonds is 1. The van der Waals surface area contributed by atoms with Crippen LogP contribution < -0.4 is 5.73 Å². The maximum absolute atomic E-state index is 5.59. The Morgan fingerprint density at radius 2 is 2.33 bits per heavy atom. The molecule has 0 aliphatic heterocycles. The second-order valence-corrected chi connectivity index (χ2v) is 2.76. The first kappa shape index (κ1) is 6.36. The molecule has 9 heavy (non-hydrogen) atoms. The van der Waals surface area contributed by atoms with Crippen LogP contribution in [0.25, 0.3) is 5.57 Å². The molecule has 48 valence electrons. The molecule has 0 atom stereocenters. The van der Waals surface area contributed by atoms with E-state index in [4.69, 9.17) is 5.73 Å². The van der Waals surface area contributed by atoms with Crippen LogP contribution >= 0.6 is 11.3 Å². The van der Waals surface area contributed by atoms with Crippen molar-refractivity contribution in [2.24, 2.45) is 0 Å². The van der Waals surface area contributed by atoms with Crippen molar-refractivity contribution in [3.63, 3.8) is 0 Å². The molecule has 0 radical (unpaired) electrons. The van der Waals surface area contributed by atoms with Gasteiger partial charge in [-0.1, -0.05) is 6.58 Å². The van der Waals surface area contributed by atoms with E-state index in [0.717, 1.165) is 16.8 Å². The highest BCUT2D eigenvalue weighted by Gasteiger charge is 1.97. The average molecular weight is 139 g/mol. The van der Waals surface area contributed by atoms with Gasteiger partial charge >= 0.3 is 0 Å². The predicted octanol–water partition coefficient (Wildman–Crippen LogP) is 2.36. The Morgan fingerprint density at radius 1 is 1.67 bits per heavy atom. The maximum atomic E-state index is 5.59. The summed E-state index contributed by atoms with van der Waals surface area (Å²) in [6.07, 6.45) is 0. The summed E-state index contributed by atoms with van der Waals surface area (Å²) in [5.74, 6) is 0. The lowest BCUT2D eigenvalue weighted by Gasteiger charge is -1.93. The number of anilines is 1. The van der Waals surface area contributed by atoms with Gasteiger partial charge in [0, 0.05) is 22.0 Å². The molecule has 0 unspecified atom stereocenters. The molecule has 1 aromatic heterocycles. The quantitative estimate of drug-likeness (QED) is 0.635. The average Bonchev–Trinajstić information content (AvgIpc) is 2.13. The zero-order chi connectivity index (χ0) is 6.85. The maximum Gasteiger partial charge on any atom is 0.0498 e. The molecule has 0 aromatic carbocycles. The normalized spacial score (nSPS) is 9.44. The topological polar surface area (TPSA) is 26.0 Å². The minimum atomic E-state index is 0.840. The standard InChI is InChI=1S/C7H9NS/c1-5(2)6-3-9-4-7(6)8/h3-4H,1,8H2,2H3. The third-order valence-corrected chi connectivity index (χ3v) is 1.91. The van der Waals surface area contributed by atoms with Crippen LogP contribution in [-0.2, 0) is 0 Å². The molecule has 2 heteroatoms. The van der Waals surface area contributed by atoms with Crippen molar-refractivity contribution in [3.8, 4) is 0 Å². The van der Waals surface area contributed by atoms with E-state index < -0.39 is 0 Å². The summed E-state index contributed by atoms with van der Waals surface area (Å²) in [4.78, 5) is 0. The molecular formula is C7H9NS. The number of nitrogens with two attached hydrogens (primary N) is 1. The van der Waals surface area contributed by atoms with Crippen LogP contribution in [0.3, 0.4) is 0 Å². The fraction of sp³-hybridized carbons (Fsp3) is 0.143. The van der Waals surface area contributed by atoms with E-state index in [1.807, 2.05) is 17.7 Å². The fourth-order valence-electron chi connectivity index (χ4n) is 0.654. The highest BCUT2D eigenvalue weighted by Crippen LogP contribution is 2.23. The van der Waals surface area contributed by atoms with Crippen molar-refractivity contribution in [2.75, 3.05) is 5.73 Å². The van der Waals surface area contributed by atoms with E-state index in [-0.39, 0.29) is 0 Å². The summed E-state index contributed by atoms with van der Waals surface area (Å²) >= 11 is 1.61. The first-order valence-electron chi connectivity index (χ1n) is 2.69. The van der Waals surface area contributed by atoms with Crippen LogP contribution in [0.1, 0.15) is 12.5 Å². The van der Waals surface area contributed by atoms with Crippen molar-refractivity contribution in [1.29, 1.82) is 0 Å². The van der Waals surface area contributed by atoms with Crippen LogP contribution in [-0.4, -0.2) is 0 Å². The predicted molar refractivity (Wildman–Crippen MR) is 43.4 cm³/mol. The molecule has 0 saturated carbocycles. The van der Waals surface area contributed by atoms with Gasteiger partial charge in [0.05, 0.1) is 0 Å². The molecule has 0 bridgehead atoms. The number of hydrogen-bond acceptors (Lipinski definition) is 2. The molecule has 0 aliphatic carbocycles. The highest BCUT2D eigenvalue weighted by atomic mass is 32.1. The second kappa shape index (κ2) is 2.23. The Hall–Kier alpha value is -0.760. The van der Waals surface area contributed by atoms with Crippen molar-refractivity contribution in [1.82, 2.24) is 0 Å². The van der Waals surface area contributed by atoms with E-state index in [1.165, 1.54) is 0 Å². The number of allylic oxidation sites excluding steroid dienone is 1. The van der Waals surface area contributed by atoms with E-state index in [9.17, 15) is 0 Å². The molecule has 0 spiro atoms. The van der Waals surface area contributed by atoms with Gasteiger partial charge in [0.25, 0.3) is 0 Å². The minimum absolute atomic E-state index is 0.840. The number of nitrogen functional groups attached to an aromatic ring is 1. The lowest BCUT2D eigenvalue weighted by atomic mass is 10.2. The van der Waals surface area contributed by atoms with E-state index in [0.29, 0.717) is 0 Å². The Kier molecular flexibility index (Phi) is 1.58. The van der Waals surface area contributed by atoms with Crippen LogP contribution in [0.2, 0.25) is 0 Å². The lowest BCUT2D eigenvalue weighted by molar-refractivity contribution is 1.67. The zero-order valence-corrected chi connectivity index (χ0v) is 6.16. The Labute approximate surface area is 58.8 Å². The summed E-state index contributed by atoms with van der Waals surface area (Å²) in [5.41, 5.74) is 8.55. The van der Waals surface area contributed by atoms with Crippen LogP contribution in [0.15, 0.2) is 17.3 Å². The van der Waals surface area contributed by atoms with Crippen molar-refractivity contribution in [2.45, 2.75) is 6.92 Å². The summed E-state index contributed by atoms with van der Waals surface area (Å²) < 4.78 is 0. The first-order chi connectivity index (χ1) is 4.22. The van der Waals surface area contributed by atoms with Gasteiger partial charge in [-0.05, 0) is 12.5 Å². The van der Waals surface area contributed by atoms with E-state index in [1.54, 1.807) is 11.3 Å².